The van der Waals surface area contributed by atoms with Crippen molar-refractivity contribution in [2.45, 2.75) is 12.8 Å². The van der Waals surface area contributed by atoms with Crippen molar-refractivity contribution < 1.29 is 4.74 Å². The van der Waals surface area contributed by atoms with E-state index in [0.717, 1.165) is 10.0 Å². The van der Waals surface area contributed by atoms with Crippen molar-refractivity contribution in [3.63, 3.8) is 0 Å². The number of pyridine rings is 1. The van der Waals surface area contributed by atoms with E-state index in [-0.39, 0.29) is 17.0 Å². The molecule has 0 fully saturated rings. The number of rotatable bonds is 1. The van der Waals surface area contributed by atoms with E-state index < -0.39 is 5.92 Å². The number of nitrogens with two attached hydrogens (primary N) is 1. The summed E-state index contributed by atoms with van der Waals surface area (Å²) in [7, 11) is 0. The fourth-order valence-corrected chi connectivity index (χ4v) is 2.86. The predicted octanol–water partition coefficient (Wildman–Crippen LogP) is 2.66. The third-order valence-corrected chi connectivity index (χ3v) is 4.08. The number of H-pyrrole nitrogens is 1. The van der Waals surface area contributed by atoms with Crippen LogP contribution in [0, 0.1) is 18.3 Å². The first-order valence-corrected chi connectivity index (χ1v) is 7.37. The third kappa shape index (κ3) is 2.30. The highest BCUT2D eigenvalue weighted by Crippen LogP contribution is 2.40. The Bertz CT molecular complexity index is 876. The van der Waals surface area contributed by atoms with Crippen molar-refractivity contribution in [1.29, 1.82) is 5.26 Å². The Morgan fingerprint density at radius 2 is 2.05 bits per heavy atom. The summed E-state index contributed by atoms with van der Waals surface area (Å²) >= 11 is 3.37. The van der Waals surface area contributed by atoms with Gasteiger partial charge in [-0.2, -0.15) is 5.26 Å². The van der Waals surface area contributed by atoms with Crippen LogP contribution in [0.3, 0.4) is 0 Å². The molecule has 0 saturated heterocycles. The van der Waals surface area contributed by atoms with Crippen LogP contribution in [0.15, 0.2) is 51.1 Å². The van der Waals surface area contributed by atoms with Crippen LogP contribution in [0.2, 0.25) is 0 Å². The zero-order valence-corrected chi connectivity index (χ0v) is 13.3. The van der Waals surface area contributed by atoms with Crippen molar-refractivity contribution >= 4 is 15.9 Å². The molecule has 5 nitrogen and oxygen atoms in total. The van der Waals surface area contributed by atoms with E-state index in [1.165, 1.54) is 0 Å². The highest BCUT2D eigenvalue weighted by atomic mass is 79.9. The Morgan fingerprint density at radius 3 is 2.68 bits per heavy atom. The Balaban J connectivity index is 2.29. The second kappa shape index (κ2) is 5.35. The average Bonchev–Trinajstić information content (AvgIpc) is 2.46. The summed E-state index contributed by atoms with van der Waals surface area (Å²) in [6, 6.07) is 11.2. The molecule has 1 aliphatic heterocycles. The molecule has 1 atom stereocenters. The number of aryl methyl sites for hydroxylation is 1. The van der Waals surface area contributed by atoms with E-state index in [0.29, 0.717) is 17.0 Å². The molecular weight excluding hydrogens is 346 g/mol. The number of hydrogen-bond acceptors (Lipinski definition) is 4. The number of nitrogens with zero attached hydrogens (tertiary/aromatic N) is 1. The molecule has 2 heterocycles. The lowest BCUT2D eigenvalue weighted by Gasteiger charge is -2.25. The van der Waals surface area contributed by atoms with Gasteiger partial charge in [-0.05, 0) is 24.6 Å². The number of fused-ring (bicyclic) bond motifs is 1. The standard InChI is InChI=1S/C16H12BrN3O2/c1-8-6-12-14(16(21)20-8)13(11(7-18)15(19)22-12)9-2-4-10(17)5-3-9/h2-6,13H,19H2,1H3,(H,20,21)/t13-/m1/s1. The zero-order valence-electron chi connectivity index (χ0n) is 11.7. The van der Waals surface area contributed by atoms with Gasteiger partial charge in [-0.15, -0.1) is 0 Å². The third-order valence-electron chi connectivity index (χ3n) is 3.55. The quantitative estimate of drug-likeness (QED) is 0.820. The summed E-state index contributed by atoms with van der Waals surface area (Å²) in [5.41, 5.74) is 7.72. The lowest BCUT2D eigenvalue weighted by molar-refractivity contribution is 0.391. The molecule has 22 heavy (non-hydrogen) atoms. The molecule has 6 heteroatoms. The van der Waals surface area contributed by atoms with Crippen LogP contribution in [-0.2, 0) is 0 Å². The molecule has 1 aromatic heterocycles. The molecule has 1 aromatic carbocycles. The number of aromatic nitrogens is 1. The Morgan fingerprint density at radius 1 is 1.36 bits per heavy atom. The van der Waals surface area contributed by atoms with E-state index >= 15 is 0 Å². The number of ether oxygens (including phenoxy) is 1. The normalized spacial score (nSPS) is 16.7. The summed E-state index contributed by atoms with van der Waals surface area (Å²) in [6.07, 6.45) is 0. The van der Waals surface area contributed by atoms with Crippen molar-refractivity contribution in [1.82, 2.24) is 4.98 Å². The minimum Gasteiger partial charge on any atom is -0.440 e. The topological polar surface area (TPSA) is 91.9 Å². The molecule has 3 rings (SSSR count). The fourth-order valence-electron chi connectivity index (χ4n) is 2.59. The molecular formula is C16H12BrN3O2. The van der Waals surface area contributed by atoms with Gasteiger partial charge in [0.05, 0.1) is 11.5 Å². The first kappa shape index (κ1) is 14.4. The van der Waals surface area contributed by atoms with Crippen LogP contribution in [0.5, 0.6) is 5.75 Å². The summed E-state index contributed by atoms with van der Waals surface area (Å²) < 4.78 is 6.39. The molecule has 0 unspecified atom stereocenters. The molecule has 2 aromatic rings. The maximum Gasteiger partial charge on any atom is 0.256 e. The second-order valence-corrected chi connectivity index (χ2v) is 5.95. The molecule has 0 spiro atoms. The van der Waals surface area contributed by atoms with Gasteiger partial charge in [-0.25, -0.2) is 0 Å². The van der Waals surface area contributed by atoms with Crippen molar-refractivity contribution in [3.05, 3.63) is 73.4 Å². The summed E-state index contributed by atoms with van der Waals surface area (Å²) in [5, 5.41) is 9.43. The highest BCUT2D eigenvalue weighted by molar-refractivity contribution is 9.10. The molecule has 0 saturated carbocycles. The monoisotopic (exact) mass is 357 g/mol. The van der Waals surface area contributed by atoms with E-state index in [1.807, 2.05) is 24.3 Å². The summed E-state index contributed by atoms with van der Waals surface area (Å²) in [5.74, 6) is -0.107. The molecule has 0 radical (unpaired) electrons. The smallest absolute Gasteiger partial charge is 0.256 e. The van der Waals surface area contributed by atoms with Crippen molar-refractivity contribution in [2.75, 3.05) is 0 Å². The molecule has 0 aliphatic carbocycles. The number of hydrogen-bond donors (Lipinski definition) is 2. The number of aromatic amines is 1. The lowest BCUT2D eigenvalue weighted by Crippen LogP contribution is -2.27. The second-order valence-electron chi connectivity index (χ2n) is 5.04. The first-order chi connectivity index (χ1) is 10.5. The minimum absolute atomic E-state index is 0.0351. The fraction of sp³-hybridized carbons (Fsp3) is 0.125. The Labute approximate surface area is 135 Å². The molecule has 0 bridgehead atoms. The van der Waals surface area contributed by atoms with Crippen LogP contribution >= 0.6 is 15.9 Å². The lowest BCUT2D eigenvalue weighted by atomic mass is 9.84. The van der Waals surface area contributed by atoms with Gasteiger partial charge in [-0.3, -0.25) is 4.79 Å². The average molecular weight is 358 g/mol. The number of nitriles is 1. The van der Waals surface area contributed by atoms with Crippen molar-refractivity contribution in [2.24, 2.45) is 5.73 Å². The van der Waals surface area contributed by atoms with Gasteiger partial charge in [0.1, 0.15) is 17.4 Å². The molecule has 3 N–H and O–H groups in total. The van der Waals surface area contributed by atoms with Crippen molar-refractivity contribution in [3.8, 4) is 11.8 Å². The van der Waals surface area contributed by atoms with E-state index in [2.05, 4.69) is 27.0 Å². The van der Waals surface area contributed by atoms with Gasteiger partial charge in [-0.1, -0.05) is 28.1 Å². The minimum atomic E-state index is -0.536. The SMILES string of the molecule is Cc1cc2c(c(=O)[nH]1)[C@H](c1ccc(Br)cc1)C(C#N)=C(N)O2. The van der Waals surface area contributed by atoms with Crippen LogP contribution in [0.1, 0.15) is 22.7 Å². The predicted molar refractivity (Wildman–Crippen MR) is 85.2 cm³/mol. The number of nitrogens with one attached hydrogen (secondary N) is 1. The van der Waals surface area contributed by atoms with Crippen LogP contribution in [0.4, 0.5) is 0 Å². The highest BCUT2D eigenvalue weighted by Gasteiger charge is 2.33. The van der Waals surface area contributed by atoms with Gasteiger partial charge >= 0.3 is 0 Å². The Kier molecular flexibility index (Phi) is 3.51. The van der Waals surface area contributed by atoms with E-state index in [4.69, 9.17) is 10.5 Å². The summed E-state index contributed by atoms with van der Waals surface area (Å²) in [4.78, 5) is 15.1. The largest absolute Gasteiger partial charge is 0.440 e. The van der Waals surface area contributed by atoms with Gasteiger partial charge in [0.15, 0.2) is 0 Å². The van der Waals surface area contributed by atoms with Gasteiger partial charge < -0.3 is 15.5 Å². The van der Waals surface area contributed by atoms with Crippen LogP contribution < -0.4 is 16.0 Å². The van der Waals surface area contributed by atoms with Gasteiger partial charge in [0, 0.05) is 16.2 Å². The maximum atomic E-state index is 12.4. The van der Waals surface area contributed by atoms with E-state index in [1.54, 1.807) is 13.0 Å². The molecule has 110 valence electrons. The Hall–Kier alpha value is -2.52. The number of halogens is 1. The maximum absolute atomic E-state index is 12.4. The molecule has 1 aliphatic rings. The molecule has 0 amide bonds. The zero-order chi connectivity index (χ0) is 15.9. The van der Waals surface area contributed by atoms with Crippen LogP contribution in [-0.4, -0.2) is 4.98 Å². The summed E-state index contributed by atoms with van der Waals surface area (Å²) in [6.45, 7) is 1.76. The number of benzene rings is 1. The number of allylic oxidation sites excluding steroid dienone is 1. The van der Waals surface area contributed by atoms with Crippen LogP contribution in [0.25, 0.3) is 0 Å². The van der Waals surface area contributed by atoms with E-state index in [9.17, 15) is 10.1 Å². The first-order valence-electron chi connectivity index (χ1n) is 6.58. The van der Waals surface area contributed by atoms with Gasteiger partial charge in [0.25, 0.3) is 5.56 Å². The van der Waals surface area contributed by atoms with Gasteiger partial charge in [0.2, 0.25) is 5.88 Å².